The van der Waals surface area contributed by atoms with Gasteiger partial charge < -0.3 is 10.2 Å². The number of aliphatic hydroxyl groups excluding tert-OH is 1. The van der Waals surface area contributed by atoms with Crippen LogP contribution in [0.4, 0.5) is 8.78 Å². The monoisotopic (exact) mass is 522 g/mol. The second-order valence-corrected chi connectivity index (χ2v) is 11.0. The molecule has 3 aromatic rings. The molecule has 0 saturated heterocycles. The van der Waals surface area contributed by atoms with Crippen LogP contribution in [0.25, 0.3) is 6.08 Å². The van der Waals surface area contributed by atoms with Gasteiger partial charge in [-0.15, -0.1) is 0 Å². The average Bonchev–Trinajstić information content (AvgIpc) is 3.32. The molecule has 8 heteroatoms. The van der Waals surface area contributed by atoms with Crippen LogP contribution in [0.15, 0.2) is 66.7 Å². The van der Waals surface area contributed by atoms with Gasteiger partial charge in [0.05, 0.1) is 21.6 Å². The molecule has 3 aromatic carbocycles. The second-order valence-electron chi connectivity index (χ2n) is 8.60. The highest BCUT2D eigenvalue weighted by atomic mass is 32.2. The highest BCUT2D eigenvalue weighted by Gasteiger charge is 2.24. The summed E-state index contributed by atoms with van der Waals surface area (Å²) in [5.74, 6) is -1.83. The molecule has 0 aromatic heterocycles. The van der Waals surface area contributed by atoms with Crippen molar-refractivity contribution in [1.29, 1.82) is 0 Å². The third-order valence-electron chi connectivity index (χ3n) is 6.27. The van der Waals surface area contributed by atoms with E-state index >= 15 is 0 Å². The average molecular weight is 523 g/mol. The van der Waals surface area contributed by atoms with E-state index in [1.54, 1.807) is 24.4 Å². The number of fused-ring (bicyclic) bond motifs is 2. The smallest absolute Gasteiger partial charge is 0.168 e. The summed E-state index contributed by atoms with van der Waals surface area (Å²) in [6, 6.07) is 12.5. The third kappa shape index (κ3) is 5.12. The van der Waals surface area contributed by atoms with E-state index < -0.39 is 11.6 Å². The fourth-order valence-electron chi connectivity index (χ4n) is 4.44. The number of rotatable bonds is 6. The van der Waals surface area contributed by atoms with Crippen LogP contribution < -0.4 is 0 Å². The summed E-state index contributed by atoms with van der Waals surface area (Å²) in [7, 11) is 0. The van der Waals surface area contributed by atoms with Crippen LogP contribution >= 0.6 is 23.5 Å². The Morgan fingerprint density at radius 3 is 2.39 bits per heavy atom. The fraction of sp³-hybridized carbons (Fsp3) is 0.214. The van der Waals surface area contributed by atoms with E-state index in [1.165, 1.54) is 59.4 Å². The molecule has 1 aliphatic carbocycles. The number of hydrogen-bond acceptors (Lipinski definition) is 6. The molecule has 2 N–H and O–H groups in total. The molecule has 1 aliphatic heterocycles. The predicted octanol–water partition coefficient (Wildman–Crippen LogP) is 6.73. The first kappa shape index (κ1) is 24.7. The molecule has 4 nitrogen and oxygen atoms in total. The van der Waals surface area contributed by atoms with Gasteiger partial charge in [-0.3, -0.25) is 0 Å². The third-order valence-corrected chi connectivity index (χ3v) is 8.82. The number of phenols is 1. The lowest BCUT2D eigenvalue weighted by molar-refractivity contribution is 0.298. The van der Waals surface area contributed by atoms with Crippen LogP contribution in [0, 0.1) is 11.6 Å². The van der Waals surface area contributed by atoms with Crippen LogP contribution in [0.5, 0.6) is 5.75 Å². The van der Waals surface area contributed by atoms with Gasteiger partial charge in [-0.25, -0.2) is 8.78 Å². The fourth-order valence-corrected chi connectivity index (χ4v) is 7.03. The van der Waals surface area contributed by atoms with E-state index in [4.69, 9.17) is 0 Å². The Morgan fingerprint density at radius 1 is 0.833 bits per heavy atom. The number of thioether (sulfide) groups is 2. The van der Waals surface area contributed by atoms with E-state index in [0.29, 0.717) is 15.6 Å². The van der Waals surface area contributed by atoms with Gasteiger partial charge in [0.1, 0.15) is 5.75 Å². The quantitative estimate of drug-likeness (QED) is 0.278. The molecule has 0 unspecified atom stereocenters. The number of phenolic OH excluding ortho intramolecular Hbond substituents is 1. The summed E-state index contributed by atoms with van der Waals surface area (Å²) >= 11 is 2.67. The standard InChI is InChI=1S/C28H24F2N2O2S2/c29-25-19(14-24-35-27-18(12-13-33)10-11-23(34)28(27)36-24)8-9-21(26(25)30)16-32-31-15-20-6-3-5-17-4-1-2-7-22(17)20/h3,5-6,8-11,14-16,33-34H,1-2,4,7,12-13H2/b24-14+,31-15+,32-16+. The number of benzene rings is 3. The first-order valence-electron chi connectivity index (χ1n) is 11.7. The van der Waals surface area contributed by atoms with E-state index in [-0.39, 0.29) is 23.5 Å². The molecular formula is C28H24F2N2O2S2. The van der Waals surface area contributed by atoms with Crippen molar-refractivity contribution in [3.8, 4) is 5.75 Å². The molecule has 184 valence electrons. The maximum absolute atomic E-state index is 14.9. The SMILES string of the molecule is OCCc1ccc(O)c2c1S/C(=C\c1ccc(/C=N/N=C/c3cccc4c3CCCC4)c(F)c1F)S2. The Labute approximate surface area is 216 Å². The van der Waals surface area contributed by atoms with Gasteiger partial charge >= 0.3 is 0 Å². The van der Waals surface area contributed by atoms with Crippen LogP contribution in [-0.4, -0.2) is 29.2 Å². The van der Waals surface area contributed by atoms with Crippen LogP contribution in [0.3, 0.4) is 0 Å². The van der Waals surface area contributed by atoms with Crippen LogP contribution in [0.1, 0.15) is 46.2 Å². The van der Waals surface area contributed by atoms with Gasteiger partial charge in [0.15, 0.2) is 11.6 Å². The zero-order valence-corrected chi connectivity index (χ0v) is 21.0. The normalized spacial score (nSPS) is 16.2. The van der Waals surface area contributed by atoms with Crippen molar-refractivity contribution < 1.29 is 19.0 Å². The molecule has 0 radical (unpaired) electrons. The van der Waals surface area contributed by atoms with Crippen LogP contribution in [-0.2, 0) is 19.3 Å². The Kier molecular flexibility index (Phi) is 7.55. The Balaban J connectivity index is 1.33. The number of aromatic hydroxyl groups is 1. The molecule has 1 heterocycles. The molecule has 36 heavy (non-hydrogen) atoms. The maximum atomic E-state index is 14.9. The Morgan fingerprint density at radius 2 is 1.56 bits per heavy atom. The first-order valence-corrected chi connectivity index (χ1v) is 13.4. The number of aliphatic hydroxyl groups is 1. The van der Waals surface area contributed by atoms with Crippen molar-refractivity contribution in [1.82, 2.24) is 0 Å². The zero-order chi connectivity index (χ0) is 25.1. The van der Waals surface area contributed by atoms with Gasteiger partial charge in [-0.05, 0) is 72.6 Å². The largest absolute Gasteiger partial charge is 0.507 e. The van der Waals surface area contributed by atoms with Gasteiger partial charge in [0, 0.05) is 22.6 Å². The molecule has 0 bridgehead atoms. The van der Waals surface area contributed by atoms with Crippen molar-refractivity contribution >= 4 is 42.0 Å². The van der Waals surface area contributed by atoms with Gasteiger partial charge in [-0.1, -0.05) is 53.9 Å². The lowest BCUT2D eigenvalue weighted by Crippen LogP contribution is -2.05. The molecule has 5 rings (SSSR count). The van der Waals surface area contributed by atoms with E-state index in [0.717, 1.165) is 35.3 Å². The molecule has 2 aliphatic rings. The van der Waals surface area contributed by atoms with E-state index in [9.17, 15) is 19.0 Å². The zero-order valence-electron chi connectivity index (χ0n) is 19.4. The van der Waals surface area contributed by atoms with Crippen molar-refractivity contribution in [2.45, 2.75) is 41.9 Å². The minimum Gasteiger partial charge on any atom is -0.507 e. The molecule has 0 fully saturated rings. The lowest BCUT2D eigenvalue weighted by Gasteiger charge is -2.17. The highest BCUT2D eigenvalue weighted by molar-refractivity contribution is 8.25. The topological polar surface area (TPSA) is 65.2 Å². The maximum Gasteiger partial charge on any atom is 0.168 e. The molecule has 0 saturated carbocycles. The second kappa shape index (κ2) is 11.0. The summed E-state index contributed by atoms with van der Waals surface area (Å²) in [4.78, 5) is 1.50. The van der Waals surface area contributed by atoms with Crippen molar-refractivity contribution in [3.63, 3.8) is 0 Å². The van der Waals surface area contributed by atoms with E-state index in [1.807, 2.05) is 12.1 Å². The van der Waals surface area contributed by atoms with Crippen molar-refractivity contribution in [2.75, 3.05) is 6.61 Å². The minimum absolute atomic E-state index is 0.0120. The number of nitrogens with zero attached hydrogens (tertiary/aromatic N) is 2. The lowest BCUT2D eigenvalue weighted by atomic mass is 9.89. The summed E-state index contributed by atoms with van der Waals surface area (Å²) in [5, 5.41) is 27.5. The van der Waals surface area contributed by atoms with Crippen molar-refractivity contribution in [2.24, 2.45) is 10.2 Å². The molecule has 0 amide bonds. The molecule has 0 spiro atoms. The predicted molar refractivity (Wildman–Crippen MR) is 143 cm³/mol. The number of halogens is 2. The van der Waals surface area contributed by atoms with Crippen molar-refractivity contribution in [3.05, 3.63) is 91.7 Å². The molecular weight excluding hydrogens is 498 g/mol. The number of aryl methyl sites for hydroxylation is 1. The summed E-state index contributed by atoms with van der Waals surface area (Å²) in [6.07, 6.45) is 9.34. The van der Waals surface area contributed by atoms with Gasteiger partial charge in [0.25, 0.3) is 0 Å². The van der Waals surface area contributed by atoms with Gasteiger partial charge in [-0.2, -0.15) is 10.2 Å². The Bertz CT molecular complexity index is 1400. The number of hydrogen-bond donors (Lipinski definition) is 2. The summed E-state index contributed by atoms with van der Waals surface area (Å²) in [5.41, 5.74) is 4.67. The van der Waals surface area contributed by atoms with Gasteiger partial charge in [0.2, 0.25) is 0 Å². The molecule has 0 atom stereocenters. The highest BCUT2D eigenvalue weighted by Crippen LogP contribution is 2.56. The van der Waals surface area contributed by atoms with Crippen LogP contribution in [0.2, 0.25) is 0 Å². The first-order chi connectivity index (χ1) is 17.5. The minimum atomic E-state index is -0.991. The van der Waals surface area contributed by atoms with E-state index in [2.05, 4.69) is 16.3 Å². The summed E-state index contributed by atoms with van der Waals surface area (Å²) < 4.78 is 30.3. The Hall–Kier alpha value is -2.94. The summed E-state index contributed by atoms with van der Waals surface area (Å²) in [6.45, 7) is -0.0120.